The van der Waals surface area contributed by atoms with Crippen molar-refractivity contribution in [2.75, 3.05) is 13.2 Å². The van der Waals surface area contributed by atoms with E-state index in [0.29, 0.717) is 13.0 Å². The van der Waals surface area contributed by atoms with Crippen LogP contribution in [0.5, 0.6) is 0 Å². The van der Waals surface area contributed by atoms with Crippen LogP contribution in [0.1, 0.15) is 39.5 Å². The quantitative estimate of drug-likeness (QED) is 0.681. The zero-order valence-corrected chi connectivity index (χ0v) is 11.6. The Morgan fingerprint density at radius 2 is 2.16 bits per heavy atom. The van der Waals surface area contributed by atoms with Gasteiger partial charge in [-0.25, -0.2) is 9.59 Å². The van der Waals surface area contributed by atoms with Gasteiger partial charge in [0, 0.05) is 13.2 Å². The predicted octanol–water partition coefficient (Wildman–Crippen LogP) is 1.35. The summed E-state index contributed by atoms with van der Waals surface area (Å²) in [5.74, 6) is -1.10. The molecule has 1 unspecified atom stereocenters. The largest absolute Gasteiger partial charge is 0.480 e. The van der Waals surface area contributed by atoms with Crippen LogP contribution in [-0.2, 0) is 9.53 Å². The summed E-state index contributed by atoms with van der Waals surface area (Å²) in [5, 5.41) is 14.3. The zero-order chi connectivity index (χ0) is 14.3. The third-order valence-corrected chi connectivity index (χ3v) is 3.53. The third kappa shape index (κ3) is 5.46. The second kappa shape index (κ2) is 7.99. The molecule has 0 saturated carbocycles. The molecule has 19 heavy (non-hydrogen) atoms. The van der Waals surface area contributed by atoms with Gasteiger partial charge in [-0.1, -0.05) is 20.3 Å². The van der Waals surface area contributed by atoms with E-state index in [2.05, 4.69) is 10.6 Å². The minimum absolute atomic E-state index is 0.0476. The van der Waals surface area contributed by atoms with Crippen molar-refractivity contribution in [3.05, 3.63) is 0 Å². The molecule has 3 N–H and O–H groups in total. The highest BCUT2D eigenvalue weighted by atomic mass is 16.5. The van der Waals surface area contributed by atoms with Gasteiger partial charge in [0.05, 0.1) is 6.10 Å². The predicted molar refractivity (Wildman–Crippen MR) is 71.0 cm³/mol. The Morgan fingerprint density at radius 3 is 2.68 bits per heavy atom. The lowest BCUT2D eigenvalue weighted by Crippen LogP contribution is -2.50. The highest BCUT2D eigenvalue weighted by molar-refractivity contribution is 5.82. The number of rotatable bonds is 6. The normalized spacial score (nSPS) is 22.3. The van der Waals surface area contributed by atoms with Crippen molar-refractivity contribution in [2.45, 2.75) is 51.7 Å². The monoisotopic (exact) mass is 272 g/mol. The molecule has 110 valence electrons. The Bertz CT molecular complexity index is 303. The average Bonchev–Trinajstić information content (AvgIpc) is 2.42. The first kappa shape index (κ1) is 15.8. The summed E-state index contributed by atoms with van der Waals surface area (Å²) in [6, 6.07) is -1.29. The molecular weight excluding hydrogens is 248 g/mol. The number of nitrogens with one attached hydrogen (secondary N) is 2. The van der Waals surface area contributed by atoms with E-state index in [1.165, 1.54) is 0 Å². The van der Waals surface area contributed by atoms with Crippen molar-refractivity contribution in [3.63, 3.8) is 0 Å². The second-order valence-electron chi connectivity index (χ2n) is 5.04. The minimum atomic E-state index is -1.00. The maximum Gasteiger partial charge on any atom is 0.326 e. The van der Waals surface area contributed by atoms with E-state index in [1.54, 1.807) is 0 Å². The fraction of sp³-hybridized carbons (Fsp3) is 0.846. The number of amides is 2. The molecule has 2 amide bonds. The molecule has 1 rings (SSSR count). The first-order chi connectivity index (χ1) is 9.04. The molecule has 0 radical (unpaired) electrons. The highest BCUT2D eigenvalue weighted by Crippen LogP contribution is 2.11. The van der Waals surface area contributed by atoms with Crippen LogP contribution in [0.2, 0.25) is 0 Å². The summed E-state index contributed by atoms with van der Waals surface area (Å²) in [6.45, 7) is 4.87. The van der Waals surface area contributed by atoms with Gasteiger partial charge in [-0.2, -0.15) is 0 Å². The van der Waals surface area contributed by atoms with Crippen molar-refractivity contribution >= 4 is 12.0 Å². The van der Waals surface area contributed by atoms with Crippen LogP contribution in [0.15, 0.2) is 0 Å². The molecule has 1 heterocycles. The van der Waals surface area contributed by atoms with Gasteiger partial charge in [0.15, 0.2) is 0 Å². The standard InChI is InChI=1S/C13H24N2O4/c1-3-9(2)11(12(16)17)15-13(18)14-8-10-6-4-5-7-19-10/h9-11H,3-8H2,1-2H3,(H,16,17)(H2,14,15,18)/t9-,10?,11-/m0/s1. The van der Waals surface area contributed by atoms with Crippen LogP contribution in [0.4, 0.5) is 4.79 Å². The Morgan fingerprint density at radius 1 is 1.42 bits per heavy atom. The lowest BCUT2D eigenvalue weighted by molar-refractivity contribution is -0.140. The molecule has 0 aromatic rings. The summed E-state index contributed by atoms with van der Waals surface area (Å²) in [6.07, 6.45) is 3.86. The lowest BCUT2D eigenvalue weighted by atomic mass is 9.99. The van der Waals surface area contributed by atoms with Gasteiger partial charge < -0.3 is 20.5 Å². The summed E-state index contributed by atoms with van der Waals surface area (Å²) in [7, 11) is 0. The van der Waals surface area contributed by atoms with Crippen molar-refractivity contribution in [3.8, 4) is 0 Å². The Labute approximate surface area is 113 Å². The fourth-order valence-corrected chi connectivity index (χ4v) is 2.05. The molecule has 0 aromatic heterocycles. The van der Waals surface area contributed by atoms with Crippen LogP contribution >= 0.6 is 0 Å². The summed E-state index contributed by atoms with van der Waals surface area (Å²) < 4.78 is 5.49. The maximum absolute atomic E-state index is 11.7. The van der Waals surface area contributed by atoms with Crippen LogP contribution in [0.25, 0.3) is 0 Å². The maximum atomic E-state index is 11.7. The van der Waals surface area contributed by atoms with E-state index in [4.69, 9.17) is 9.84 Å². The third-order valence-electron chi connectivity index (χ3n) is 3.53. The molecule has 0 aliphatic carbocycles. The van der Waals surface area contributed by atoms with E-state index in [0.717, 1.165) is 25.9 Å². The summed E-state index contributed by atoms with van der Waals surface area (Å²) >= 11 is 0. The van der Waals surface area contributed by atoms with Gasteiger partial charge in [-0.15, -0.1) is 0 Å². The van der Waals surface area contributed by atoms with Gasteiger partial charge in [-0.05, 0) is 25.2 Å². The number of hydrogen-bond acceptors (Lipinski definition) is 3. The number of urea groups is 1. The van der Waals surface area contributed by atoms with E-state index < -0.39 is 18.0 Å². The number of ether oxygens (including phenoxy) is 1. The molecule has 0 spiro atoms. The van der Waals surface area contributed by atoms with Crippen molar-refractivity contribution < 1.29 is 19.4 Å². The van der Waals surface area contributed by atoms with Crippen molar-refractivity contribution in [2.24, 2.45) is 5.92 Å². The number of hydrogen-bond donors (Lipinski definition) is 3. The molecule has 1 aliphatic rings. The molecule has 3 atom stereocenters. The summed E-state index contributed by atoms with van der Waals surface area (Å²) in [4.78, 5) is 22.8. The molecule has 1 fully saturated rings. The number of carbonyl (C=O) groups excluding carboxylic acids is 1. The van der Waals surface area contributed by atoms with Gasteiger partial charge in [0.1, 0.15) is 6.04 Å². The highest BCUT2D eigenvalue weighted by Gasteiger charge is 2.25. The molecule has 1 saturated heterocycles. The van der Waals surface area contributed by atoms with Gasteiger partial charge in [-0.3, -0.25) is 0 Å². The number of carboxylic acid groups (broad SMARTS) is 1. The summed E-state index contributed by atoms with van der Waals surface area (Å²) in [5.41, 5.74) is 0. The first-order valence-electron chi connectivity index (χ1n) is 6.93. The van der Waals surface area contributed by atoms with E-state index in [1.807, 2.05) is 13.8 Å². The van der Waals surface area contributed by atoms with Crippen LogP contribution in [0.3, 0.4) is 0 Å². The molecular formula is C13H24N2O4. The van der Waals surface area contributed by atoms with Crippen molar-refractivity contribution in [1.82, 2.24) is 10.6 Å². The van der Waals surface area contributed by atoms with Crippen LogP contribution in [-0.4, -0.2) is 42.4 Å². The minimum Gasteiger partial charge on any atom is -0.480 e. The Hall–Kier alpha value is -1.30. The number of aliphatic carboxylic acids is 1. The fourth-order valence-electron chi connectivity index (χ4n) is 2.05. The number of carboxylic acids is 1. The average molecular weight is 272 g/mol. The lowest BCUT2D eigenvalue weighted by Gasteiger charge is -2.24. The SMILES string of the molecule is CC[C@H](C)[C@H](NC(=O)NCC1CCCCO1)C(=O)O. The molecule has 0 bridgehead atoms. The smallest absolute Gasteiger partial charge is 0.326 e. The van der Waals surface area contributed by atoms with E-state index >= 15 is 0 Å². The van der Waals surface area contributed by atoms with Gasteiger partial charge in [0.25, 0.3) is 0 Å². The van der Waals surface area contributed by atoms with Crippen LogP contribution in [0, 0.1) is 5.92 Å². The topological polar surface area (TPSA) is 87.7 Å². The Kier molecular flexibility index (Phi) is 6.62. The Balaban J connectivity index is 2.33. The van der Waals surface area contributed by atoms with E-state index in [-0.39, 0.29) is 12.0 Å². The first-order valence-corrected chi connectivity index (χ1v) is 6.93. The second-order valence-corrected chi connectivity index (χ2v) is 5.04. The van der Waals surface area contributed by atoms with Gasteiger partial charge in [0.2, 0.25) is 0 Å². The van der Waals surface area contributed by atoms with Crippen LogP contribution < -0.4 is 10.6 Å². The van der Waals surface area contributed by atoms with Crippen molar-refractivity contribution in [1.29, 1.82) is 0 Å². The molecule has 6 nitrogen and oxygen atoms in total. The zero-order valence-electron chi connectivity index (χ0n) is 11.6. The van der Waals surface area contributed by atoms with E-state index in [9.17, 15) is 9.59 Å². The molecule has 1 aliphatic heterocycles. The van der Waals surface area contributed by atoms with Gasteiger partial charge >= 0.3 is 12.0 Å². The molecule has 6 heteroatoms. The molecule has 0 aromatic carbocycles. The number of carbonyl (C=O) groups is 2.